The highest BCUT2D eigenvalue weighted by molar-refractivity contribution is 5.38. The predicted octanol–water partition coefficient (Wildman–Crippen LogP) is 2.56. The smallest absolute Gasteiger partial charge is 0.119 e. The summed E-state index contributed by atoms with van der Waals surface area (Å²) in [4.78, 5) is 0. The Morgan fingerprint density at radius 1 is 1.31 bits per heavy atom. The first-order valence-corrected chi connectivity index (χ1v) is 5.72. The number of hydrogen-bond acceptors (Lipinski definition) is 2. The molecule has 0 aliphatic rings. The number of hydrogen-bond donors (Lipinski definition) is 1. The molecule has 1 atom stereocenters. The van der Waals surface area contributed by atoms with E-state index in [0.717, 1.165) is 24.2 Å². The van der Waals surface area contributed by atoms with E-state index < -0.39 is 0 Å². The minimum Gasteiger partial charge on any atom is -0.491 e. The zero-order valence-corrected chi connectivity index (χ0v) is 9.99. The SMILES string of the molecule is CCCC(C)Oc1ccc(C#CCN)cc1. The molecule has 1 aromatic carbocycles. The van der Waals surface area contributed by atoms with E-state index in [1.807, 2.05) is 24.3 Å². The predicted molar refractivity (Wildman–Crippen MR) is 67.4 cm³/mol. The van der Waals surface area contributed by atoms with Crippen molar-refractivity contribution in [2.75, 3.05) is 6.54 Å². The van der Waals surface area contributed by atoms with Crippen LogP contribution in [0.15, 0.2) is 24.3 Å². The molecule has 1 unspecified atom stereocenters. The summed E-state index contributed by atoms with van der Waals surface area (Å²) < 4.78 is 5.74. The molecule has 16 heavy (non-hydrogen) atoms. The van der Waals surface area contributed by atoms with Crippen molar-refractivity contribution in [3.63, 3.8) is 0 Å². The second-order valence-electron chi connectivity index (χ2n) is 3.75. The molecule has 2 heteroatoms. The second-order valence-corrected chi connectivity index (χ2v) is 3.75. The van der Waals surface area contributed by atoms with Crippen molar-refractivity contribution in [2.45, 2.75) is 32.8 Å². The fraction of sp³-hybridized carbons (Fsp3) is 0.429. The average molecular weight is 217 g/mol. The van der Waals surface area contributed by atoms with Crippen LogP contribution < -0.4 is 10.5 Å². The zero-order chi connectivity index (χ0) is 11.8. The summed E-state index contributed by atoms with van der Waals surface area (Å²) in [5.41, 5.74) is 6.28. The van der Waals surface area contributed by atoms with E-state index in [1.165, 1.54) is 0 Å². The van der Waals surface area contributed by atoms with Crippen molar-refractivity contribution >= 4 is 0 Å². The summed E-state index contributed by atoms with van der Waals surface area (Å²) in [6, 6.07) is 7.81. The van der Waals surface area contributed by atoms with Crippen molar-refractivity contribution in [2.24, 2.45) is 5.73 Å². The maximum Gasteiger partial charge on any atom is 0.119 e. The summed E-state index contributed by atoms with van der Waals surface area (Å²) in [5.74, 6) is 6.70. The molecule has 0 aliphatic carbocycles. The lowest BCUT2D eigenvalue weighted by molar-refractivity contribution is 0.210. The summed E-state index contributed by atoms with van der Waals surface area (Å²) in [6.45, 7) is 4.64. The highest BCUT2D eigenvalue weighted by atomic mass is 16.5. The summed E-state index contributed by atoms with van der Waals surface area (Å²) >= 11 is 0. The van der Waals surface area contributed by atoms with Crippen LogP contribution in [0.25, 0.3) is 0 Å². The first-order valence-electron chi connectivity index (χ1n) is 5.72. The lowest BCUT2D eigenvalue weighted by atomic mass is 10.2. The van der Waals surface area contributed by atoms with Gasteiger partial charge in [0.05, 0.1) is 12.6 Å². The molecule has 2 N–H and O–H groups in total. The molecular formula is C14H19NO. The zero-order valence-electron chi connectivity index (χ0n) is 9.99. The maximum atomic E-state index is 5.74. The minimum atomic E-state index is 0.269. The molecule has 0 fully saturated rings. The van der Waals surface area contributed by atoms with Crippen molar-refractivity contribution in [1.82, 2.24) is 0 Å². The van der Waals surface area contributed by atoms with Crippen molar-refractivity contribution in [1.29, 1.82) is 0 Å². The Kier molecular flexibility index (Phi) is 5.45. The van der Waals surface area contributed by atoms with E-state index in [2.05, 4.69) is 25.7 Å². The molecule has 1 rings (SSSR count). The Morgan fingerprint density at radius 3 is 2.56 bits per heavy atom. The molecule has 0 bridgehead atoms. The molecule has 0 aromatic heterocycles. The quantitative estimate of drug-likeness (QED) is 0.787. The summed E-state index contributed by atoms with van der Waals surface area (Å²) in [5, 5.41) is 0. The van der Waals surface area contributed by atoms with Gasteiger partial charge in [-0.1, -0.05) is 25.2 Å². The van der Waals surface area contributed by atoms with E-state index >= 15 is 0 Å². The Balaban J connectivity index is 2.57. The number of ether oxygens (including phenoxy) is 1. The van der Waals surface area contributed by atoms with E-state index in [0.29, 0.717) is 6.54 Å². The Bertz CT molecular complexity index is 359. The Morgan fingerprint density at radius 2 is 2.00 bits per heavy atom. The monoisotopic (exact) mass is 217 g/mol. The lowest BCUT2D eigenvalue weighted by Gasteiger charge is -2.13. The Labute approximate surface area is 97.8 Å². The van der Waals surface area contributed by atoms with E-state index in [-0.39, 0.29) is 6.10 Å². The van der Waals surface area contributed by atoms with E-state index in [4.69, 9.17) is 10.5 Å². The minimum absolute atomic E-state index is 0.269. The fourth-order valence-corrected chi connectivity index (χ4v) is 1.47. The third-order valence-electron chi connectivity index (χ3n) is 2.22. The second kappa shape index (κ2) is 6.92. The van der Waals surface area contributed by atoms with Crippen LogP contribution in [0, 0.1) is 11.8 Å². The van der Waals surface area contributed by atoms with Crippen molar-refractivity contribution in [3.05, 3.63) is 29.8 Å². The van der Waals surface area contributed by atoms with Crippen molar-refractivity contribution < 1.29 is 4.74 Å². The van der Waals surface area contributed by atoms with Crippen molar-refractivity contribution in [3.8, 4) is 17.6 Å². The van der Waals surface area contributed by atoms with Gasteiger partial charge in [0.15, 0.2) is 0 Å². The Hall–Kier alpha value is -1.46. The molecule has 0 amide bonds. The van der Waals surface area contributed by atoms with Gasteiger partial charge in [0, 0.05) is 5.56 Å². The van der Waals surface area contributed by atoms with Crippen LogP contribution in [0.1, 0.15) is 32.3 Å². The third kappa shape index (κ3) is 4.37. The van der Waals surface area contributed by atoms with Gasteiger partial charge in [-0.15, -0.1) is 0 Å². The summed E-state index contributed by atoms with van der Waals surface area (Å²) in [6.07, 6.45) is 2.49. The van der Waals surface area contributed by atoms with Crippen LogP contribution in [0.3, 0.4) is 0 Å². The topological polar surface area (TPSA) is 35.2 Å². The normalized spacial score (nSPS) is 11.4. The molecule has 2 nitrogen and oxygen atoms in total. The van der Waals surface area contributed by atoms with Crippen LogP contribution in [-0.4, -0.2) is 12.6 Å². The molecule has 0 saturated heterocycles. The van der Waals surface area contributed by atoms with Gasteiger partial charge in [0.2, 0.25) is 0 Å². The van der Waals surface area contributed by atoms with E-state index in [9.17, 15) is 0 Å². The van der Waals surface area contributed by atoms with Gasteiger partial charge in [-0.2, -0.15) is 0 Å². The molecule has 0 spiro atoms. The summed E-state index contributed by atoms with van der Waals surface area (Å²) in [7, 11) is 0. The molecule has 1 aromatic rings. The molecule has 0 radical (unpaired) electrons. The third-order valence-corrected chi connectivity index (χ3v) is 2.22. The largest absolute Gasteiger partial charge is 0.491 e. The van der Waals surface area contributed by atoms with Crippen LogP contribution in [0.4, 0.5) is 0 Å². The van der Waals surface area contributed by atoms with Gasteiger partial charge < -0.3 is 10.5 Å². The molecule has 0 aliphatic heterocycles. The molecule has 86 valence electrons. The highest BCUT2D eigenvalue weighted by Gasteiger charge is 2.01. The maximum absolute atomic E-state index is 5.74. The van der Waals surface area contributed by atoms with Gasteiger partial charge in [0.25, 0.3) is 0 Å². The first-order chi connectivity index (χ1) is 7.76. The number of nitrogens with two attached hydrogens (primary N) is 1. The van der Waals surface area contributed by atoms with Gasteiger partial charge in [-0.25, -0.2) is 0 Å². The molecule has 0 heterocycles. The standard InChI is InChI=1S/C14H19NO/c1-3-5-12(2)16-14-9-7-13(8-10-14)6-4-11-15/h7-10,12H,3,5,11,15H2,1-2H3. The average Bonchev–Trinajstić information content (AvgIpc) is 2.28. The number of benzene rings is 1. The lowest BCUT2D eigenvalue weighted by Crippen LogP contribution is -2.10. The van der Waals surface area contributed by atoms with E-state index in [1.54, 1.807) is 0 Å². The van der Waals surface area contributed by atoms with Gasteiger partial charge in [-0.05, 0) is 37.6 Å². The van der Waals surface area contributed by atoms with Gasteiger partial charge in [0.1, 0.15) is 5.75 Å². The highest BCUT2D eigenvalue weighted by Crippen LogP contribution is 2.14. The van der Waals surface area contributed by atoms with Crippen LogP contribution in [-0.2, 0) is 0 Å². The van der Waals surface area contributed by atoms with Crippen LogP contribution in [0.5, 0.6) is 5.75 Å². The first kappa shape index (κ1) is 12.6. The van der Waals surface area contributed by atoms with Gasteiger partial charge >= 0.3 is 0 Å². The number of rotatable bonds is 4. The van der Waals surface area contributed by atoms with Crippen LogP contribution in [0.2, 0.25) is 0 Å². The fourth-order valence-electron chi connectivity index (χ4n) is 1.47. The molecule has 0 saturated carbocycles. The molecular weight excluding hydrogens is 198 g/mol. The van der Waals surface area contributed by atoms with Crippen LogP contribution >= 0.6 is 0 Å². The van der Waals surface area contributed by atoms with Gasteiger partial charge in [-0.3, -0.25) is 0 Å².